The largest absolute Gasteiger partial charge is 0.453 e. The number of carbonyl (C=O) groups is 1. The molecule has 3 N–H and O–H groups in total. The zero-order valence-corrected chi connectivity index (χ0v) is 18.6. The number of anilines is 2. The molecule has 4 aromatic rings. The van der Waals surface area contributed by atoms with Crippen LogP contribution in [0.15, 0.2) is 23.1 Å². The molecule has 5 rings (SSSR count). The number of aryl methyl sites for hydroxylation is 2. The fourth-order valence-electron chi connectivity index (χ4n) is 3.93. The molecule has 16 heteroatoms. The van der Waals surface area contributed by atoms with Crippen molar-refractivity contribution in [3.05, 3.63) is 41.6 Å². The summed E-state index contributed by atoms with van der Waals surface area (Å²) in [6.07, 6.45) is -3.75. The van der Waals surface area contributed by atoms with Gasteiger partial charge in [-0.3, -0.25) is 4.79 Å². The van der Waals surface area contributed by atoms with Crippen LogP contribution in [0.1, 0.15) is 36.3 Å². The molecule has 0 spiro atoms. The van der Waals surface area contributed by atoms with Crippen molar-refractivity contribution in [2.24, 2.45) is 0 Å². The van der Waals surface area contributed by atoms with Crippen LogP contribution in [0, 0.1) is 6.92 Å². The Kier molecular flexibility index (Phi) is 4.98. The predicted molar refractivity (Wildman–Crippen MR) is 112 cm³/mol. The Morgan fingerprint density at radius 2 is 1.92 bits per heavy atom. The minimum Gasteiger partial charge on any atom is -0.383 e. The van der Waals surface area contributed by atoms with Crippen LogP contribution in [-0.4, -0.2) is 52.5 Å². The molecule has 1 unspecified atom stereocenters. The van der Waals surface area contributed by atoms with Gasteiger partial charge in [-0.15, -0.1) is 0 Å². The van der Waals surface area contributed by atoms with Gasteiger partial charge in [0.1, 0.15) is 22.7 Å². The van der Waals surface area contributed by atoms with Crippen molar-refractivity contribution < 1.29 is 31.3 Å². The summed E-state index contributed by atoms with van der Waals surface area (Å²) in [6, 6.07) is 0. The highest BCUT2D eigenvalue weighted by molar-refractivity contribution is 6.08. The summed E-state index contributed by atoms with van der Waals surface area (Å²) in [6.45, 7) is 3.07. The maximum Gasteiger partial charge on any atom is 0.453 e. The Morgan fingerprint density at radius 3 is 2.58 bits per heavy atom. The van der Waals surface area contributed by atoms with Crippen LogP contribution in [0.4, 0.5) is 33.6 Å². The van der Waals surface area contributed by atoms with Crippen LogP contribution in [0.5, 0.6) is 0 Å². The van der Waals surface area contributed by atoms with Gasteiger partial charge >= 0.3 is 12.1 Å². The first-order valence-electron chi connectivity index (χ1n) is 10.4. The van der Waals surface area contributed by atoms with Gasteiger partial charge in [-0.1, -0.05) is 5.16 Å². The maximum atomic E-state index is 13.5. The van der Waals surface area contributed by atoms with E-state index in [1.165, 1.54) is 29.9 Å². The zero-order valence-electron chi connectivity index (χ0n) is 18.6. The van der Waals surface area contributed by atoms with Crippen LogP contribution in [0.25, 0.3) is 17.2 Å². The standard InChI is InChI=1S/C20H16F5N9O2/c1-8-28-16(33-36-8)18(2)11-12(26)30-13(31-14(11)32-17(18)35)10-7-34-6-5-27-15(34)9(29-10)3-4-19(21,22)20(23,24)25/h5-7H,3-4H2,1-2H3,(H3,26,30,31,32,35). The first-order valence-corrected chi connectivity index (χ1v) is 10.4. The number of amides is 1. The fraction of sp³-hybridized carbons (Fsp3) is 0.350. The number of hydrogen-bond acceptors (Lipinski definition) is 9. The van der Waals surface area contributed by atoms with E-state index in [2.05, 4.69) is 35.4 Å². The molecule has 1 aliphatic rings. The third-order valence-electron chi connectivity index (χ3n) is 5.86. The third-order valence-corrected chi connectivity index (χ3v) is 5.86. The third kappa shape index (κ3) is 3.51. The highest BCUT2D eigenvalue weighted by Crippen LogP contribution is 2.44. The lowest BCUT2D eigenvalue weighted by molar-refractivity contribution is -0.284. The first kappa shape index (κ1) is 23.5. The van der Waals surface area contributed by atoms with Crippen molar-refractivity contribution >= 4 is 23.2 Å². The van der Waals surface area contributed by atoms with Crippen molar-refractivity contribution in [3.63, 3.8) is 0 Å². The summed E-state index contributed by atoms with van der Waals surface area (Å²) < 4.78 is 71.4. The summed E-state index contributed by atoms with van der Waals surface area (Å²) in [5, 5.41) is 6.41. The molecule has 5 heterocycles. The van der Waals surface area contributed by atoms with Gasteiger partial charge in [0.25, 0.3) is 0 Å². The number of carbonyl (C=O) groups excluding carboxylic acids is 1. The number of nitrogens with zero attached hydrogens (tertiary/aromatic N) is 7. The van der Waals surface area contributed by atoms with E-state index < -0.39 is 36.3 Å². The van der Waals surface area contributed by atoms with Crippen LogP contribution in [0.2, 0.25) is 0 Å². The molecule has 0 fully saturated rings. The van der Waals surface area contributed by atoms with Gasteiger partial charge in [-0.2, -0.15) is 26.9 Å². The molecule has 11 nitrogen and oxygen atoms in total. The van der Waals surface area contributed by atoms with Gasteiger partial charge in [0.2, 0.25) is 11.8 Å². The number of alkyl halides is 5. The number of aromatic nitrogens is 7. The fourth-order valence-corrected chi connectivity index (χ4v) is 3.93. The minimum atomic E-state index is -5.70. The van der Waals surface area contributed by atoms with E-state index in [9.17, 15) is 26.7 Å². The Hall–Kier alpha value is -4.24. The Labute approximate surface area is 198 Å². The van der Waals surface area contributed by atoms with Gasteiger partial charge in [-0.05, 0) is 13.3 Å². The molecule has 4 aromatic heterocycles. The lowest BCUT2D eigenvalue weighted by Gasteiger charge is -2.19. The number of hydrogen-bond donors (Lipinski definition) is 2. The lowest BCUT2D eigenvalue weighted by atomic mass is 9.83. The van der Waals surface area contributed by atoms with E-state index in [1.54, 1.807) is 6.92 Å². The van der Waals surface area contributed by atoms with E-state index in [1.807, 2.05) is 0 Å². The number of nitrogen functional groups attached to an aromatic ring is 1. The van der Waals surface area contributed by atoms with Gasteiger partial charge in [-0.25, -0.2) is 19.9 Å². The Balaban J connectivity index is 1.57. The van der Waals surface area contributed by atoms with Crippen LogP contribution >= 0.6 is 0 Å². The Morgan fingerprint density at radius 1 is 1.17 bits per heavy atom. The molecule has 0 radical (unpaired) electrons. The van der Waals surface area contributed by atoms with Crippen LogP contribution in [0.3, 0.4) is 0 Å². The first-order chi connectivity index (χ1) is 16.8. The molecule has 0 bridgehead atoms. The normalized spacial score (nSPS) is 18.0. The molecule has 1 aliphatic heterocycles. The summed E-state index contributed by atoms with van der Waals surface area (Å²) >= 11 is 0. The smallest absolute Gasteiger partial charge is 0.383 e. The number of imidazole rings is 1. The average Bonchev–Trinajstić information content (AvgIpc) is 3.50. The van der Waals surface area contributed by atoms with Gasteiger partial charge in [0.15, 0.2) is 17.3 Å². The number of halogens is 5. The summed E-state index contributed by atoms with van der Waals surface area (Å²) in [5.74, 6) is -5.34. The predicted octanol–water partition coefficient (Wildman–Crippen LogP) is 2.85. The lowest BCUT2D eigenvalue weighted by Crippen LogP contribution is -2.36. The number of fused-ring (bicyclic) bond motifs is 2. The van der Waals surface area contributed by atoms with Crippen molar-refractivity contribution in [3.8, 4) is 11.5 Å². The molecule has 0 aromatic carbocycles. The van der Waals surface area contributed by atoms with Crippen molar-refractivity contribution in [1.82, 2.24) is 34.5 Å². The van der Waals surface area contributed by atoms with Crippen molar-refractivity contribution in [2.75, 3.05) is 11.1 Å². The van der Waals surface area contributed by atoms with E-state index in [0.717, 1.165) is 0 Å². The van der Waals surface area contributed by atoms with Gasteiger partial charge in [0, 0.05) is 31.9 Å². The SMILES string of the molecule is Cc1nc(C2(C)C(=O)Nc3nc(-c4cn5ccnc5c(CCC(F)(F)C(F)(F)F)n4)nc(N)c32)no1. The number of nitrogens with one attached hydrogen (secondary N) is 1. The number of nitrogens with two attached hydrogens (primary N) is 1. The van der Waals surface area contributed by atoms with E-state index >= 15 is 0 Å². The second-order valence-corrected chi connectivity index (χ2v) is 8.31. The van der Waals surface area contributed by atoms with Crippen LogP contribution in [-0.2, 0) is 16.6 Å². The highest BCUT2D eigenvalue weighted by Gasteiger charge is 2.56. The number of rotatable bonds is 5. The molecule has 0 saturated carbocycles. The van der Waals surface area contributed by atoms with E-state index in [4.69, 9.17) is 10.3 Å². The summed E-state index contributed by atoms with van der Waals surface area (Å²) in [5.41, 5.74) is 4.92. The topological polar surface area (TPSA) is 150 Å². The molecular weight excluding hydrogens is 493 g/mol. The monoisotopic (exact) mass is 509 g/mol. The molecule has 188 valence electrons. The summed E-state index contributed by atoms with van der Waals surface area (Å²) in [4.78, 5) is 33.7. The second kappa shape index (κ2) is 7.63. The highest BCUT2D eigenvalue weighted by atomic mass is 19.4. The quantitative estimate of drug-likeness (QED) is 0.387. The summed E-state index contributed by atoms with van der Waals surface area (Å²) in [7, 11) is 0. The molecule has 0 saturated heterocycles. The van der Waals surface area contributed by atoms with Crippen molar-refractivity contribution in [2.45, 2.75) is 44.2 Å². The van der Waals surface area contributed by atoms with E-state index in [0.29, 0.717) is 0 Å². The molecule has 1 amide bonds. The maximum absolute atomic E-state index is 13.5. The van der Waals surface area contributed by atoms with Crippen molar-refractivity contribution in [1.29, 1.82) is 0 Å². The minimum absolute atomic E-state index is 0.0126. The Bertz CT molecular complexity index is 1510. The van der Waals surface area contributed by atoms with Gasteiger partial charge in [0.05, 0.1) is 11.3 Å². The molecule has 36 heavy (non-hydrogen) atoms. The molecule has 0 aliphatic carbocycles. The second-order valence-electron chi connectivity index (χ2n) is 8.31. The molecular formula is C20H16F5N9O2. The van der Waals surface area contributed by atoms with Gasteiger partial charge < -0.3 is 20.0 Å². The zero-order chi connectivity index (χ0) is 26.0. The van der Waals surface area contributed by atoms with E-state index in [-0.39, 0.29) is 51.8 Å². The average molecular weight is 509 g/mol. The molecule has 1 atom stereocenters. The van der Waals surface area contributed by atoms with Crippen LogP contribution < -0.4 is 11.1 Å².